The molecule has 0 amide bonds. The van der Waals surface area contributed by atoms with E-state index in [0.717, 1.165) is 59.3 Å². The fourth-order valence-electron chi connectivity index (χ4n) is 3.38. The number of fused-ring (bicyclic) bond motifs is 1. The zero-order chi connectivity index (χ0) is 17.9. The summed E-state index contributed by atoms with van der Waals surface area (Å²) in [6, 6.07) is 6.47. The number of pyridine rings is 1. The van der Waals surface area contributed by atoms with Crippen molar-refractivity contribution in [1.29, 1.82) is 0 Å². The highest BCUT2D eigenvalue weighted by molar-refractivity contribution is 7.13. The Morgan fingerprint density at radius 2 is 2.23 bits per heavy atom. The fourth-order valence-corrected chi connectivity index (χ4v) is 4.13. The van der Waals surface area contributed by atoms with E-state index in [-0.39, 0.29) is 6.04 Å². The molecule has 0 aliphatic carbocycles. The standard InChI is InChI=1S/C18H22N6OS/c1-12-19-8-7-16(21-12)24-10-3-4-15(24)14-6-5-13-17(20-9-11-25-2)23-26-18(13)22-14/h5-8,15H,3-4,9-11H2,1-2H3,(H,20,23). The van der Waals surface area contributed by atoms with Gasteiger partial charge < -0.3 is 15.0 Å². The van der Waals surface area contributed by atoms with Crippen LogP contribution in [-0.4, -0.2) is 46.1 Å². The number of nitrogens with zero attached hydrogens (tertiary/aromatic N) is 5. The van der Waals surface area contributed by atoms with Crippen LogP contribution in [0.2, 0.25) is 0 Å². The highest BCUT2D eigenvalue weighted by Crippen LogP contribution is 2.36. The third-order valence-corrected chi connectivity index (χ3v) is 5.37. The fraction of sp³-hybridized carbons (Fsp3) is 0.444. The third kappa shape index (κ3) is 3.34. The number of hydrogen-bond donors (Lipinski definition) is 1. The first kappa shape index (κ1) is 17.1. The van der Waals surface area contributed by atoms with E-state index in [2.05, 4.69) is 36.7 Å². The molecule has 4 heterocycles. The second kappa shape index (κ2) is 7.51. The molecule has 4 rings (SSSR count). The van der Waals surface area contributed by atoms with Crippen LogP contribution >= 0.6 is 11.5 Å². The minimum absolute atomic E-state index is 0.251. The molecule has 7 nitrogen and oxygen atoms in total. The van der Waals surface area contributed by atoms with Crippen molar-refractivity contribution in [3.63, 3.8) is 0 Å². The van der Waals surface area contributed by atoms with Crippen LogP contribution in [0, 0.1) is 6.92 Å². The van der Waals surface area contributed by atoms with Gasteiger partial charge in [-0.25, -0.2) is 15.0 Å². The van der Waals surface area contributed by atoms with E-state index in [1.165, 1.54) is 11.5 Å². The molecule has 1 fully saturated rings. The van der Waals surface area contributed by atoms with E-state index in [1.54, 1.807) is 7.11 Å². The molecule has 0 spiro atoms. The molecular weight excluding hydrogens is 348 g/mol. The Morgan fingerprint density at radius 3 is 3.08 bits per heavy atom. The Labute approximate surface area is 156 Å². The third-order valence-electron chi connectivity index (χ3n) is 4.61. The number of rotatable bonds is 6. The Morgan fingerprint density at radius 1 is 1.31 bits per heavy atom. The molecule has 1 unspecified atom stereocenters. The number of anilines is 2. The molecular formula is C18H22N6OS. The molecule has 3 aromatic rings. The maximum atomic E-state index is 5.08. The van der Waals surface area contributed by atoms with Crippen LogP contribution in [0.25, 0.3) is 10.2 Å². The molecule has 1 aliphatic heterocycles. The number of methoxy groups -OCH3 is 1. The molecule has 1 N–H and O–H groups in total. The number of hydrogen-bond acceptors (Lipinski definition) is 8. The van der Waals surface area contributed by atoms with Gasteiger partial charge in [-0.3, -0.25) is 0 Å². The quantitative estimate of drug-likeness (QED) is 0.668. The van der Waals surface area contributed by atoms with Crippen molar-refractivity contribution in [1.82, 2.24) is 19.3 Å². The molecule has 136 valence electrons. The first-order valence-corrected chi connectivity index (χ1v) is 9.59. The molecule has 26 heavy (non-hydrogen) atoms. The van der Waals surface area contributed by atoms with Crippen molar-refractivity contribution in [2.45, 2.75) is 25.8 Å². The normalized spacial score (nSPS) is 17.2. The molecule has 3 aromatic heterocycles. The van der Waals surface area contributed by atoms with Gasteiger partial charge in [-0.2, -0.15) is 4.37 Å². The van der Waals surface area contributed by atoms with Gasteiger partial charge in [-0.05, 0) is 49.5 Å². The smallest absolute Gasteiger partial charge is 0.149 e. The lowest BCUT2D eigenvalue weighted by atomic mass is 10.1. The zero-order valence-electron chi connectivity index (χ0n) is 15.0. The van der Waals surface area contributed by atoms with Gasteiger partial charge in [0.15, 0.2) is 0 Å². The number of aryl methyl sites for hydroxylation is 1. The van der Waals surface area contributed by atoms with Crippen molar-refractivity contribution in [2.24, 2.45) is 0 Å². The van der Waals surface area contributed by atoms with Gasteiger partial charge in [-0.15, -0.1) is 0 Å². The SMILES string of the molecule is COCCNc1nsc2nc(C3CCCN3c3ccnc(C)n3)ccc12. The highest BCUT2D eigenvalue weighted by Gasteiger charge is 2.28. The first-order valence-electron chi connectivity index (χ1n) is 8.81. The van der Waals surface area contributed by atoms with E-state index in [4.69, 9.17) is 9.72 Å². The lowest BCUT2D eigenvalue weighted by molar-refractivity contribution is 0.210. The van der Waals surface area contributed by atoms with E-state index < -0.39 is 0 Å². The van der Waals surface area contributed by atoms with Crippen molar-refractivity contribution in [3.8, 4) is 0 Å². The van der Waals surface area contributed by atoms with Gasteiger partial charge in [0.05, 0.1) is 23.7 Å². The number of aromatic nitrogens is 4. The van der Waals surface area contributed by atoms with Crippen molar-refractivity contribution < 1.29 is 4.74 Å². The van der Waals surface area contributed by atoms with Gasteiger partial charge >= 0.3 is 0 Å². The summed E-state index contributed by atoms with van der Waals surface area (Å²) in [5.41, 5.74) is 1.08. The monoisotopic (exact) mass is 370 g/mol. The maximum Gasteiger partial charge on any atom is 0.149 e. The van der Waals surface area contributed by atoms with Crippen molar-refractivity contribution in [3.05, 3.63) is 35.9 Å². The van der Waals surface area contributed by atoms with Gasteiger partial charge in [0.1, 0.15) is 22.3 Å². The van der Waals surface area contributed by atoms with Crippen LogP contribution in [0.3, 0.4) is 0 Å². The molecule has 1 atom stereocenters. The lowest BCUT2D eigenvalue weighted by Gasteiger charge is -2.25. The van der Waals surface area contributed by atoms with E-state index >= 15 is 0 Å². The molecule has 0 aromatic carbocycles. The van der Waals surface area contributed by atoms with E-state index in [9.17, 15) is 0 Å². The molecule has 0 bridgehead atoms. The minimum Gasteiger partial charge on any atom is -0.383 e. The zero-order valence-corrected chi connectivity index (χ0v) is 15.8. The second-order valence-corrected chi connectivity index (χ2v) is 7.10. The summed E-state index contributed by atoms with van der Waals surface area (Å²) in [7, 11) is 1.70. The highest BCUT2D eigenvalue weighted by atomic mass is 32.1. The summed E-state index contributed by atoms with van der Waals surface area (Å²) in [5.74, 6) is 2.66. The Hall–Kier alpha value is -2.32. The average molecular weight is 370 g/mol. The van der Waals surface area contributed by atoms with Gasteiger partial charge in [0.25, 0.3) is 0 Å². The molecule has 1 aliphatic rings. The van der Waals surface area contributed by atoms with Crippen LogP contribution < -0.4 is 10.2 Å². The van der Waals surface area contributed by atoms with Crippen LogP contribution in [0.5, 0.6) is 0 Å². The van der Waals surface area contributed by atoms with Crippen LogP contribution in [0.15, 0.2) is 24.4 Å². The summed E-state index contributed by atoms with van der Waals surface area (Å²) in [5, 5.41) is 4.37. The van der Waals surface area contributed by atoms with Crippen molar-refractivity contribution in [2.75, 3.05) is 37.0 Å². The molecule has 0 saturated carbocycles. The molecule has 1 saturated heterocycles. The molecule has 8 heteroatoms. The van der Waals surface area contributed by atoms with Gasteiger partial charge in [0.2, 0.25) is 0 Å². The first-order chi connectivity index (χ1) is 12.8. The summed E-state index contributed by atoms with van der Waals surface area (Å²) < 4.78 is 9.58. The average Bonchev–Trinajstić information content (AvgIpc) is 3.29. The van der Waals surface area contributed by atoms with Crippen LogP contribution in [0.1, 0.15) is 30.4 Å². The Kier molecular flexibility index (Phi) is 4.94. The van der Waals surface area contributed by atoms with Gasteiger partial charge in [0, 0.05) is 26.4 Å². The largest absolute Gasteiger partial charge is 0.383 e. The summed E-state index contributed by atoms with van der Waals surface area (Å²) in [6.45, 7) is 4.31. The van der Waals surface area contributed by atoms with E-state index in [1.807, 2.05) is 19.2 Å². The Bertz CT molecular complexity index is 898. The Balaban J connectivity index is 1.59. The summed E-state index contributed by atoms with van der Waals surface area (Å²) in [4.78, 5) is 17.0. The summed E-state index contributed by atoms with van der Waals surface area (Å²) in [6.07, 6.45) is 4.05. The predicted octanol–water partition coefficient (Wildman–Crippen LogP) is 3.19. The molecule has 0 radical (unpaired) electrons. The predicted molar refractivity (Wildman–Crippen MR) is 104 cm³/mol. The second-order valence-electron chi connectivity index (χ2n) is 6.35. The number of ether oxygens (including phenoxy) is 1. The lowest BCUT2D eigenvalue weighted by Crippen LogP contribution is -2.24. The van der Waals surface area contributed by atoms with Crippen LogP contribution in [0.4, 0.5) is 11.6 Å². The number of nitrogens with one attached hydrogen (secondary N) is 1. The van der Waals surface area contributed by atoms with Gasteiger partial charge in [-0.1, -0.05) is 0 Å². The summed E-state index contributed by atoms with van der Waals surface area (Å²) >= 11 is 1.44. The van der Waals surface area contributed by atoms with Crippen LogP contribution in [-0.2, 0) is 4.74 Å². The van der Waals surface area contributed by atoms with E-state index in [0.29, 0.717) is 6.61 Å². The topological polar surface area (TPSA) is 76.1 Å². The maximum absolute atomic E-state index is 5.08. The van der Waals surface area contributed by atoms with Crippen molar-refractivity contribution >= 4 is 33.4 Å². The minimum atomic E-state index is 0.251.